The highest BCUT2D eigenvalue weighted by atomic mass is 32.1. The minimum atomic E-state index is -1.32. The first kappa shape index (κ1) is 18.1. The number of carboxylic acid groups (broad SMARTS) is 1. The fourth-order valence-electron chi connectivity index (χ4n) is 2.78. The lowest BCUT2D eigenvalue weighted by Gasteiger charge is -2.49. The van der Waals surface area contributed by atoms with Crippen LogP contribution in [-0.4, -0.2) is 59.2 Å². The first-order valence-corrected chi connectivity index (χ1v) is 8.61. The van der Waals surface area contributed by atoms with Crippen LogP contribution < -0.4 is 5.32 Å². The minimum absolute atomic E-state index is 0.110. The van der Waals surface area contributed by atoms with Crippen LogP contribution in [0.3, 0.4) is 0 Å². The molecule has 0 aromatic carbocycles. The molecule has 2 amide bonds. The molecular weight excluding hydrogens is 364 g/mol. The molecule has 138 valence electrons. The van der Waals surface area contributed by atoms with Crippen LogP contribution in [0.4, 0.5) is 0 Å². The van der Waals surface area contributed by atoms with Crippen molar-refractivity contribution in [1.29, 1.82) is 0 Å². The van der Waals surface area contributed by atoms with Gasteiger partial charge in [-0.15, -0.1) is 11.3 Å². The maximum absolute atomic E-state index is 12.4. The topological polar surface area (TPSA) is 122 Å². The van der Waals surface area contributed by atoms with Crippen LogP contribution in [0.15, 0.2) is 28.8 Å². The second kappa shape index (κ2) is 7.26. The summed E-state index contributed by atoms with van der Waals surface area (Å²) in [4.78, 5) is 48.7. The number of carbonyl (C=O) groups is 4. The molecule has 1 fully saturated rings. The Balaban J connectivity index is 1.69. The van der Waals surface area contributed by atoms with Gasteiger partial charge in [0.15, 0.2) is 12.3 Å². The van der Waals surface area contributed by atoms with Crippen LogP contribution in [0.25, 0.3) is 0 Å². The van der Waals surface area contributed by atoms with Gasteiger partial charge in [0.2, 0.25) is 5.91 Å². The average Bonchev–Trinajstić information content (AvgIpc) is 3.09. The Labute approximate surface area is 152 Å². The lowest BCUT2D eigenvalue weighted by atomic mass is 9.98. The van der Waals surface area contributed by atoms with Crippen molar-refractivity contribution in [2.24, 2.45) is 0 Å². The van der Waals surface area contributed by atoms with Gasteiger partial charge in [-0.2, -0.15) is 0 Å². The Kier molecular flexibility index (Phi) is 5.05. The molecule has 2 N–H and O–H groups in total. The zero-order valence-corrected chi connectivity index (χ0v) is 14.6. The molecule has 3 heterocycles. The molecule has 1 saturated heterocycles. The van der Waals surface area contributed by atoms with Gasteiger partial charge in [0.1, 0.15) is 12.3 Å². The molecule has 0 saturated carbocycles. The summed E-state index contributed by atoms with van der Waals surface area (Å²) >= 11 is 1.43. The number of esters is 1. The second-order valence-electron chi connectivity index (χ2n) is 5.75. The zero-order valence-electron chi connectivity index (χ0n) is 13.8. The molecule has 0 aliphatic carbocycles. The minimum Gasteiger partial charge on any atom is -0.477 e. The molecule has 1 aromatic heterocycles. The number of rotatable bonds is 6. The summed E-state index contributed by atoms with van der Waals surface area (Å²) in [6, 6.07) is 2.69. The number of hydrogen-bond acceptors (Lipinski definition) is 7. The Bertz CT molecular complexity index is 787. The van der Waals surface area contributed by atoms with Gasteiger partial charge in [-0.1, -0.05) is 6.07 Å². The molecule has 0 bridgehead atoms. The molecule has 10 heteroatoms. The molecule has 26 heavy (non-hydrogen) atoms. The molecule has 1 aromatic rings. The van der Waals surface area contributed by atoms with Gasteiger partial charge in [0.25, 0.3) is 5.91 Å². The van der Waals surface area contributed by atoms with E-state index in [1.807, 2.05) is 17.5 Å². The van der Waals surface area contributed by atoms with Gasteiger partial charge in [-0.25, -0.2) is 4.79 Å². The van der Waals surface area contributed by atoms with Crippen molar-refractivity contribution in [3.05, 3.63) is 33.7 Å². The molecule has 2 unspecified atom stereocenters. The average molecular weight is 380 g/mol. The van der Waals surface area contributed by atoms with Crippen LogP contribution in [-0.2, 0) is 35.1 Å². The maximum Gasteiger partial charge on any atom is 0.352 e. The molecule has 0 spiro atoms. The third-order valence-corrected chi connectivity index (χ3v) is 4.81. The fraction of sp³-hybridized carbons (Fsp3) is 0.375. The van der Waals surface area contributed by atoms with Crippen LogP contribution in [0, 0.1) is 0 Å². The number of carboxylic acids is 1. The number of fused-ring (bicyclic) bond motifs is 1. The molecule has 2 aliphatic rings. The number of β-lactam (4-membered cyclic amide) rings is 1. The smallest absolute Gasteiger partial charge is 0.352 e. The van der Waals surface area contributed by atoms with Gasteiger partial charge >= 0.3 is 11.9 Å². The Morgan fingerprint density at radius 1 is 1.46 bits per heavy atom. The molecule has 2 aliphatic heterocycles. The summed E-state index contributed by atoms with van der Waals surface area (Å²) in [6.45, 7) is 0.810. The molecular formula is C16H16N2O7S. The first-order valence-electron chi connectivity index (χ1n) is 7.73. The largest absolute Gasteiger partial charge is 0.477 e. The predicted octanol–water partition coefficient (Wildman–Crippen LogP) is -0.124. The number of aliphatic carboxylic acids is 1. The van der Waals surface area contributed by atoms with Gasteiger partial charge < -0.3 is 19.9 Å². The number of nitrogens with zero attached hydrogens (tertiary/aromatic N) is 1. The van der Waals surface area contributed by atoms with E-state index in [0.717, 1.165) is 9.78 Å². The van der Waals surface area contributed by atoms with E-state index in [4.69, 9.17) is 9.47 Å². The van der Waals surface area contributed by atoms with Crippen LogP contribution >= 0.6 is 11.3 Å². The standard InChI is InChI=1S/C16H16N2O7S/c1-8(19)24-6-9-7-25-15-12(14(21)18(15)13(9)16(22)23)17-11(20)5-10-3-2-4-26-10/h2-4,12,15H,5-7H2,1H3,(H,17,20)(H,22,23). The molecule has 2 atom stereocenters. The molecule has 0 radical (unpaired) electrons. The van der Waals surface area contributed by atoms with E-state index < -0.39 is 30.1 Å². The SMILES string of the molecule is CC(=O)OCC1=C(C(=O)O)N2C(=O)C(NC(=O)Cc3cccs3)C2OC1. The van der Waals surface area contributed by atoms with E-state index in [-0.39, 0.29) is 36.8 Å². The Morgan fingerprint density at radius 3 is 2.85 bits per heavy atom. The lowest BCUT2D eigenvalue weighted by molar-refractivity contribution is -0.185. The van der Waals surface area contributed by atoms with Crippen molar-refractivity contribution in [1.82, 2.24) is 10.2 Å². The maximum atomic E-state index is 12.4. The van der Waals surface area contributed by atoms with Crippen LogP contribution in [0.5, 0.6) is 0 Å². The summed E-state index contributed by atoms with van der Waals surface area (Å²) in [5.74, 6) is -2.82. The summed E-state index contributed by atoms with van der Waals surface area (Å²) in [5.41, 5.74) is -0.0862. The van der Waals surface area contributed by atoms with Crippen molar-refractivity contribution in [3.63, 3.8) is 0 Å². The van der Waals surface area contributed by atoms with Gasteiger partial charge in [-0.3, -0.25) is 19.3 Å². The Morgan fingerprint density at radius 2 is 2.23 bits per heavy atom. The van der Waals surface area contributed by atoms with E-state index in [9.17, 15) is 24.3 Å². The van der Waals surface area contributed by atoms with Gasteiger partial charge in [-0.05, 0) is 11.4 Å². The highest BCUT2D eigenvalue weighted by molar-refractivity contribution is 7.10. The summed E-state index contributed by atoms with van der Waals surface area (Å²) in [7, 11) is 0. The van der Waals surface area contributed by atoms with Crippen molar-refractivity contribution < 1.29 is 33.8 Å². The number of carbonyl (C=O) groups excluding carboxylic acids is 3. The molecule has 9 nitrogen and oxygen atoms in total. The normalized spacial score (nSPS) is 21.7. The highest BCUT2D eigenvalue weighted by Gasteiger charge is 2.54. The lowest BCUT2D eigenvalue weighted by Crippen LogP contribution is -2.73. The highest BCUT2D eigenvalue weighted by Crippen LogP contribution is 2.33. The van der Waals surface area contributed by atoms with E-state index in [0.29, 0.717) is 0 Å². The third-order valence-electron chi connectivity index (χ3n) is 3.93. The number of thiophene rings is 1. The van der Waals surface area contributed by atoms with Crippen molar-refractivity contribution in [3.8, 4) is 0 Å². The van der Waals surface area contributed by atoms with Crippen molar-refractivity contribution in [2.45, 2.75) is 25.6 Å². The number of nitrogens with one attached hydrogen (secondary N) is 1. The van der Waals surface area contributed by atoms with Crippen molar-refractivity contribution in [2.75, 3.05) is 13.2 Å². The van der Waals surface area contributed by atoms with E-state index in [1.165, 1.54) is 18.3 Å². The predicted molar refractivity (Wildman–Crippen MR) is 87.8 cm³/mol. The van der Waals surface area contributed by atoms with Gasteiger partial charge in [0, 0.05) is 17.4 Å². The Hall–Kier alpha value is -2.72. The summed E-state index contributed by atoms with van der Waals surface area (Å²) in [6.07, 6.45) is -0.755. The van der Waals surface area contributed by atoms with Crippen molar-refractivity contribution >= 4 is 35.1 Å². The summed E-state index contributed by atoms with van der Waals surface area (Å²) < 4.78 is 10.3. The zero-order chi connectivity index (χ0) is 18.8. The monoisotopic (exact) mass is 380 g/mol. The first-order chi connectivity index (χ1) is 12.4. The van der Waals surface area contributed by atoms with E-state index >= 15 is 0 Å². The van der Waals surface area contributed by atoms with Crippen LogP contribution in [0.2, 0.25) is 0 Å². The number of amides is 2. The second-order valence-corrected chi connectivity index (χ2v) is 6.78. The fourth-order valence-corrected chi connectivity index (χ4v) is 3.48. The van der Waals surface area contributed by atoms with E-state index in [1.54, 1.807) is 0 Å². The summed E-state index contributed by atoms with van der Waals surface area (Å²) in [5, 5.41) is 13.8. The quantitative estimate of drug-likeness (QED) is 0.521. The third kappa shape index (κ3) is 3.46. The number of ether oxygens (including phenoxy) is 2. The molecule has 3 rings (SSSR count). The van der Waals surface area contributed by atoms with E-state index in [2.05, 4.69) is 5.32 Å². The van der Waals surface area contributed by atoms with Crippen LogP contribution in [0.1, 0.15) is 11.8 Å². The van der Waals surface area contributed by atoms with Gasteiger partial charge in [0.05, 0.1) is 13.0 Å². The number of hydrogen-bond donors (Lipinski definition) is 2.